The van der Waals surface area contributed by atoms with E-state index in [1.54, 1.807) is 12.1 Å². The molecule has 2 aromatic heterocycles. The predicted molar refractivity (Wildman–Crippen MR) is 132 cm³/mol. The van der Waals surface area contributed by atoms with Gasteiger partial charge in [0.05, 0.1) is 12.1 Å². The number of hydrogen-bond acceptors (Lipinski definition) is 7. The molecule has 1 aliphatic rings. The van der Waals surface area contributed by atoms with Crippen molar-refractivity contribution in [2.75, 3.05) is 18.5 Å². The molecule has 0 fully saturated rings. The maximum Gasteiger partial charge on any atom is 0.307 e. The van der Waals surface area contributed by atoms with Gasteiger partial charge in [0.15, 0.2) is 23.1 Å². The fourth-order valence-corrected chi connectivity index (χ4v) is 4.23. The lowest BCUT2D eigenvalue weighted by Crippen LogP contribution is -2.15. The largest absolute Gasteiger partial charge is 0.486 e. The highest BCUT2D eigenvalue weighted by molar-refractivity contribution is 5.89. The summed E-state index contributed by atoms with van der Waals surface area (Å²) in [5, 5.41) is 17.2. The van der Waals surface area contributed by atoms with Gasteiger partial charge in [0.25, 0.3) is 0 Å². The number of aryl methyl sites for hydroxylation is 2. The normalized spacial score (nSPS) is 12.6. The van der Waals surface area contributed by atoms with Crippen molar-refractivity contribution in [2.45, 2.75) is 32.7 Å². The van der Waals surface area contributed by atoms with Crippen molar-refractivity contribution in [1.29, 1.82) is 0 Å². The minimum Gasteiger partial charge on any atom is -0.486 e. The van der Waals surface area contributed by atoms with Crippen LogP contribution >= 0.6 is 0 Å². The Balaban J connectivity index is 1.51. The first kappa shape index (κ1) is 22.6. The summed E-state index contributed by atoms with van der Waals surface area (Å²) >= 11 is 0. The van der Waals surface area contributed by atoms with Gasteiger partial charge in [0.1, 0.15) is 24.2 Å². The van der Waals surface area contributed by atoms with Crippen LogP contribution in [-0.2, 0) is 31.2 Å². The highest BCUT2D eigenvalue weighted by Crippen LogP contribution is 2.32. The number of benzene rings is 2. The van der Waals surface area contributed by atoms with E-state index < -0.39 is 5.97 Å². The molecule has 0 spiro atoms. The lowest BCUT2D eigenvalue weighted by molar-refractivity contribution is -0.136. The van der Waals surface area contributed by atoms with Gasteiger partial charge in [-0.1, -0.05) is 43.7 Å². The summed E-state index contributed by atoms with van der Waals surface area (Å²) in [6.07, 6.45) is 1.74. The number of ether oxygens (including phenoxy) is 2. The number of carboxylic acids is 1. The minimum atomic E-state index is -0.861. The molecule has 1 aliphatic heterocycles. The van der Waals surface area contributed by atoms with Crippen molar-refractivity contribution in [3.8, 4) is 22.9 Å². The van der Waals surface area contributed by atoms with Crippen LogP contribution in [0.3, 0.4) is 0 Å². The lowest BCUT2D eigenvalue weighted by atomic mass is 10.1. The lowest BCUT2D eigenvalue weighted by Gasteiger charge is -2.19. The van der Waals surface area contributed by atoms with Crippen LogP contribution in [0.4, 0.5) is 5.82 Å². The van der Waals surface area contributed by atoms with E-state index in [1.807, 2.05) is 42.1 Å². The van der Waals surface area contributed by atoms with Gasteiger partial charge in [0, 0.05) is 19.2 Å². The summed E-state index contributed by atoms with van der Waals surface area (Å²) in [5.74, 6) is 1.90. The molecule has 4 aromatic rings. The van der Waals surface area contributed by atoms with Gasteiger partial charge >= 0.3 is 5.97 Å². The summed E-state index contributed by atoms with van der Waals surface area (Å²) in [5.41, 5.74) is 5.17. The van der Waals surface area contributed by atoms with Crippen LogP contribution in [0.1, 0.15) is 30.2 Å². The number of nitrogens with zero attached hydrogens (tertiary/aromatic N) is 4. The molecular formula is C26H27N5O4. The second-order valence-electron chi connectivity index (χ2n) is 8.51. The molecule has 9 heteroatoms. The van der Waals surface area contributed by atoms with E-state index in [9.17, 15) is 4.79 Å². The van der Waals surface area contributed by atoms with Crippen LogP contribution in [-0.4, -0.2) is 44.0 Å². The number of aliphatic carboxylic acids is 1. The van der Waals surface area contributed by atoms with Crippen molar-refractivity contribution >= 4 is 22.8 Å². The fraction of sp³-hybridized carbons (Fsp3) is 0.308. The topological polar surface area (TPSA) is 111 Å². The molecule has 3 heterocycles. The molecule has 2 N–H and O–H groups in total. The number of fused-ring (bicyclic) bond motifs is 2. The van der Waals surface area contributed by atoms with Crippen LogP contribution in [0.15, 0.2) is 42.5 Å². The highest BCUT2D eigenvalue weighted by atomic mass is 16.6. The van der Waals surface area contributed by atoms with E-state index in [-0.39, 0.29) is 6.42 Å². The molecule has 0 bridgehead atoms. The van der Waals surface area contributed by atoms with Crippen molar-refractivity contribution < 1.29 is 19.4 Å². The van der Waals surface area contributed by atoms with E-state index in [4.69, 9.17) is 29.6 Å². The van der Waals surface area contributed by atoms with E-state index >= 15 is 0 Å². The zero-order valence-electron chi connectivity index (χ0n) is 19.7. The molecular weight excluding hydrogens is 446 g/mol. The van der Waals surface area contributed by atoms with E-state index in [2.05, 4.69) is 12.2 Å². The first-order valence-electron chi connectivity index (χ1n) is 11.7. The molecule has 180 valence electrons. The van der Waals surface area contributed by atoms with Gasteiger partial charge in [-0.2, -0.15) is 5.10 Å². The average molecular weight is 474 g/mol. The number of carboxylic acid groups (broad SMARTS) is 1. The Kier molecular flexibility index (Phi) is 6.22. The Hall–Kier alpha value is -4.14. The van der Waals surface area contributed by atoms with Crippen LogP contribution in [0, 0.1) is 0 Å². The number of nitrogens with one attached hydrogen (secondary N) is 1. The molecule has 0 saturated heterocycles. The van der Waals surface area contributed by atoms with Gasteiger partial charge in [-0.3, -0.25) is 9.48 Å². The average Bonchev–Trinajstić information content (AvgIpc) is 3.18. The Morgan fingerprint density at radius 2 is 1.80 bits per heavy atom. The van der Waals surface area contributed by atoms with Crippen molar-refractivity contribution in [3.05, 3.63) is 59.3 Å². The number of rotatable bonds is 8. The predicted octanol–water partition coefficient (Wildman–Crippen LogP) is 3.99. The van der Waals surface area contributed by atoms with Gasteiger partial charge in [-0.25, -0.2) is 9.97 Å². The molecule has 9 nitrogen and oxygen atoms in total. The van der Waals surface area contributed by atoms with Crippen molar-refractivity contribution in [3.63, 3.8) is 0 Å². The molecule has 2 aromatic carbocycles. The van der Waals surface area contributed by atoms with Gasteiger partial charge < -0.3 is 19.9 Å². The molecule has 0 unspecified atom stereocenters. The minimum absolute atomic E-state index is 0.0221. The first-order chi connectivity index (χ1) is 17.0. The summed E-state index contributed by atoms with van der Waals surface area (Å²) in [6.45, 7) is 3.75. The molecule has 0 aliphatic carbocycles. The molecule has 0 saturated carbocycles. The Morgan fingerprint density at radius 1 is 1.06 bits per heavy atom. The quantitative estimate of drug-likeness (QED) is 0.395. The van der Waals surface area contributed by atoms with Crippen molar-refractivity contribution in [2.24, 2.45) is 7.05 Å². The third-order valence-corrected chi connectivity index (χ3v) is 5.87. The van der Waals surface area contributed by atoms with Crippen LogP contribution in [0.2, 0.25) is 0 Å². The van der Waals surface area contributed by atoms with Crippen LogP contribution in [0.25, 0.3) is 22.4 Å². The number of hydrogen-bond donors (Lipinski definition) is 2. The smallest absolute Gasteiger partial charge is 0.307 e. The standard InChI is InChI=1S/C26H27N5O4/c1-3-4-19-23-24(31(2)30-19)26(27-15-17-7-10-20-21(13-17)35-12-11-34-20)29-25(28-23)18-8-5-16(6-9-18)14-22(32)33/h5-10,13H,3-4,11-12,14-15H2,1-2H3,(H,32,33)(H,27,28,29). The van der Waals surface area contributed by atoms with Gasteiger partial charge in [0.2, 0.25) is 0 Å². The Morgan fingerprint density at radius 3 is 2.54 bits per heavy atom. The van der Waals surface area contributed by atoms with E-state index in [0.29, 0.717) is 31.4 Å². The SMILES string of the molecule is CCCc1nn(C)c2c(NCc3ccc4c(c3)OCCO4)nc(-c3ccc(CC(=O)O)cc3)nc12. The maximum atomic E-state index is 11.0. The van der Waals surface area contributed by atoms with Crippen LogP contribution in [0.5, 0.6) is 11.5 Å². The maximum absolute atomic E-state index is 11.0. The summed E-state index contributed by atoms with van der Waals surface area (Å²) in [4.78, 5) is 20.7. The first-order valence-corrected chi connectivity index (χ1v) is 11.7. The second kappa shape index (κ2) is 9.61. The molecule has 35 heavy (non-hydrogen) atoms. The third-order valence-electron chi connectivity index (χ3n) is 5.87. The van der Waals surface area contributed by atoms with E-state index in [0.717, 1.165) is 57.8 Å². The number of anilines is 1. The molecule has 0 radical (unpaired) electrons. The summed E-state index contributed by atoms with van der Waals surface area (Å²) in [7, 11) is 1.90. The monoisotopic (exact) mass is 473 g/mol. The van der Waals surface area contributed by atoms with Gasteiger partial charge in [-0.05, 0) is 29.7 Å². The highest BCUT2D eigenvalue weighted by Gasteiger charge is 2.18. The fourth-order valence-electron chi connectivity index (χ4n) is 4.23. The summed E-state index contributed by atoms with van der Waals surface area (Å²) in [6, 6.07) is 13.2. The zero-order chi connectivity index (χ0) is 24.4. The number of aromatic nitrogens is 4. The third kappa shape index (κ3) is 4.75. The van der Waals surface area contributed by atoms with Crippen LogP contribution < -0.4 is 14.8 Å². The zero-order valence-corrected chi connectivity index (χ0v) is 19.7. The van der Waals surface area contributed by atoms with Gasteiger partial charge in [-0.15, -0.1) is 0 Å². The summed E-state index contributed by atoms with van der Waals surface area (Å²) < 4.78 is 13.2. The van der Waals surface area contributed by atoms with Crippen molar-refractivity contribution in [1.82, 2.24) is 19.7 Å². The molecule has 0 amide bonds. The second-order valence-corrected chi connectivity index (χ2v) is 8.51. The molecule has 0 atom stereocenters. The Bertz CT molecular complexity index is 1380. The molecule has 5 rings (SSSR count). The van der Waals surface area contributed by atoms with E-state index in [1.165, 1.54) is 0 Å². The Labute approximate surface area is 202 Å². The number of carbonyl (C=O) groups is 1.